The maximum atomic E-state index is 12.6. The van der Waals surface area contributed by atoms with Gasteiger partial charge in [-0.2, -0.15) is 13.2 Å². The van der Waals surface area contributed by atoms with E-state index in [2.05, 4.69) is 14.7 Å². The first-order valence-electron chi connectivity index (χ1n) is 5.48. The lowest BCUT2D eigenvalue weighted by atomic mass is 10.2. The lowest BCUT2D eigenvalue weighted by molar-refractivity contribution is -0.140. The molecule has 0 radical (unpaired) electrons. The van der Waals surface area contributed by atoms with Gasteiger partial charge in [-0.25, -0.2) is 9.78 Å². The van der Waals surface area contributed by atoms with Crippen molar-refractivity contribution in [2.24, 2.45) is 7.05 Å². The number of imidazole rings is 1. The molecule has 2 rings (SSSR count). The molecule has 0 aliphatic heterocycles. The van der Waals surface area contributed by atoms with Crippen LogP contribution in [0.3, 0.4) is 0 Å². The van der Waals surface area contributed by atoms with Crippen LogP contribution < -0.4 is 0 Å². The van der Waals surface area contributed by atoms with Gasteiger partial charge in [0.25, 0.3) is 0 Å². The molecule has 0 saturated carbocycles. The number of aryl methyl sites for hydroxylation is 1. The van der Waals surface area contributed by atoms with E-state index in [1.165, 1.54) is 37.1 Å². The van der Waals surface area contributed by atoms with Crippen LogP contribution in [0.15, 0.2) is 24.5 Å². The monoisotopic (exact) mass is 285 g/mol. The quantitative estimate of drug-likeness (QED) is 0.794. The minimum absolute atomic E-state index is 0.0636. The highest BCUT2D eigenvalue weighted by Gasteiger charge is 2.34. The van der Waals surface area contributed by atoms with E-state index in [-0.39, 0.29) is 17.1 Å². The Morgan fingerprint density at radius 1 is 1.35 bits per heavy atom. The summed E-state index contributed by atoms with van der Waals surface area (Å²) in [5.74, 6) is -0.506. The van der Waals surface area contributed by atoms with Crippen molar-refractivity contribution in [2.45, 2.75) is 6.18 Å². The average molecular weight is 285 g/mol. The molecule has 0 fully saturated rings. The van der Waals surface area contributed by atoms with Crippen LogP contribution in [0.4, 0.5) is 13.2 Å². The number of ether oxygens (including phenoxy) is 1. The number of hydrogen-bond donors (Lipinski definition) is 0. The Balaban J connectivity index is 2.37. The number of nitrogens with zero attached hydrogens (tertiary/aromatic N) is 3. The molecule has 2 aromatic rings. The molecule has 8 heteroatoms. The molecular weight excluding hydrogens is 275 g/mol. The topological polar surface area (TPSA) is 57.0 Å². The first-order chi connectivity index (χ1) is 9.32. The van der Waals surface area contributed by atoms with E-state index in [9.17, 15) is 18.0 Å². The molecule has 0 aliphatic carbocycles. The number of alkyl halides is 3. The van der Waals surface area contributed by atoms with E-state index < -0.39 is 17.8 Å². The Kier molecular flexibility index (Phi) is 3.47. The van der Waals surface area contributed by atoms with Crippen LogP contribution in [-0.2, 0) is 18.0 Å². The summed E-state index contributed by atoms with van der Waals surface area (Å²) < 4.78 is 43.4. The average Bonchev–Trinajstić information content (AvgIpc) is 2.80. The van der Waals surface area contributed by atoms with E-state index in [0.29, 0.717) is 0 Å². The van der Waals surface area contributed by atoms with Crippen molar-refractivity contribution in [3.63, 3.8) is 0 Å². The van der Waals surface area contributed by atoms with Gasteiger partial charge in [-0.15, -0.1) is 0 Å². The van der Waals surface area contributed by atoms with Gasteiger partial charge in [0, 0.05) is 19.4 Å². The summed E-state index contributed by atoms with van der Waals surface area (Å²) in [6.07, 6.45) is -2.41. The Morgan fingerprint density at radius 2 is 2.05 bits per heavy atom. The molecule has 5 nitrogen and oxygen atoms in total. The van der Waals surface area contributed by atoms with Crippen molar-refractivity contribution < 1.29 is 22.7 Å². The molecule has 20 heavy (non-hydrogen) atoms. The predicted molar refractivity (Wildman–Crippen MR) is 62.8 cm³/mol. The lowest BCUT2D eigenvalue weighted by Gasteiger charge is -2.02. The van der Waals surface area contributed by atoms with Crippen LogP contribution in [0.25, 0.3) is 11.5 Å². The summed E-state index contributed by atoms with van der Waals surface area (Å²) in [6.45, 7) is 0. The largest absolute Gasteiger partial charge is 0.465 e. The summed E-state index contributed by atoms with van der Waals surface area (Å²) in [7, 11) is 2.66. The fraction of sp³-hybridized carbons (Fsp3) is 0.250. The van der Waals surface area contributed by atoms with E-state index in [1.807, 2.05) is 0 Å². The van der Waals surface area contributed by atoms with Crippen LogP contribution in [0, 0.1) is 0 Å². The first-order valence-corrected chi connectivity index (χ1v) is 5.48. The van der Waals surface area contributed by atoms with Gasteiger partial charge in [0.2, 0.25) is 0 Å². The summed E-state index contributed by atoms with van der Waals surface area (Å²) in [5.41, 5.74) is -0.550. The van der Waals surface area contributed by atoms with Crippen LogP contribution in [0.1, 0.15) is 16.1 Å². The van der Waals surface area contributed by atoms with Crippen molar-refractivity contribution in [3.05, 3.63) is 35.8 Å². The number of rotatable bonds is 2. The van der Waals surface area contributed by atoms with Crippen LogP contribution in [0.5, 0.6) is 0 Å². The summed E-state index contributed by atoms with van der Waals surface area (Å²) >= 11 is 0. The van der Waals surface area contributed by atoms with Crippen molar-refractivity contribution in [2.75, 3.05) is 7.11 Å². The second-order valence-electron chi connectivity index (χ2n) is 3.98. The molecule has 0 aliphatic rings. The minimum atomic E-state index is -4.51. The van der Waals surface area contributed by atoms with Gasteiger partial charge in [0.15, 0.2) is 11.5 Å². The van der Waals surface area contributed by atoms with Crippen molar-refractivity contribution >= 4 is 5.97 Å². The molecule has 0 N–H and O–H groups in total. The van der Waals surface area contributed by atoms with Crippen molar-refractivity contribution in [1.82, 2.24) is 14.5 Å². The second kappa shape index (κ2) is 4.95. The highest BCUT2D eigenvalue weighted by atomic mass is 19.4. The molecule has 0 unspecified atom stereocenters. The second-order valence-corrected chi connectivity index (χ2v) is 3.98. The van der Waals surface area contributed by atoms with E-state index in [4.69, 9.17) is 0 Å². The zero-order valence-electron chi connectivity index (χ0n) is 10.6. The zero-order valence-corrected chi connectivity index (χ0v) is 10.6. The maximum Gasteiger partial charge on any atom is 0.434 e. The van der Waals surface area contributed by atoms with Gasteiger partial charge < -0.3 is 9.30 Å². The van der Waals surface area contributed by atoms with E-state index in [0.717, 1.165) is 6.20 Å². The number of halogens is 3. The third-order valence-electron chi connectivity index (χ3n) is 2.58. The number of methoxy groups -OCH3 is 1. The molecule has 0 amide bonds. The highest BCUT2D eigenvalue weighted by Crippen LogP contribution is 2.30. The Morgan fingerprint density at radius 3 is 2.50 bits per heavy atom. The Labute approximate surface area is 112 Å². The molecule has 2 aromatic heterocycles. The molecule has 0 atom stereocenters. The molecule has 2 heterocycles. The normalized spacial score (nSPS) is 11.4. The van der Waals surface area contributed by atoms with Crippen LogP contribution >= 0.6 is 0 Å². The fourth-order valence-electron chi connectivity index (χ4n) is 1.61. The number of pyridine rings is 1. The van der Waals surface area contributed by atoms with E-state index >= 15 is 0 Å². The number of carbonyl (C=O) groups is 1. The molecule has 0 spiro atoms. The maximum absolute atomic E-state index is 12.6. The smallest absolute Gasteiger partial charge is 0.434 e. The van der Waals surface area contributed by atoms with E-state index in [1.54, 1.807) is 0 Å². The molecule has 0 saturated heterocycles. The standard InChI is InChI=1S/C12H10F3N3O2/c1-18-6-9(12(13,14)15)17-10(18)8-4-3-7(5-16-8)11(19)20-2/h3-6H,1-2H3. The Hall–Kier alpha value is -2.38. The number of hydrogen-bond acceptors (Lipinski definition) is 4. The third-order valence-corrected chi connectivity index (χ3v) is 2.58. The summed E-state index contributed by atoms with van der Waals surface area (Å²) in [4.78, 5) is 18.7. The molecule has 0 aromatic carbocycles. The number of aromatic nitrogens is 3. The van der Waals surface area contributed by atoms with Crippen LogP contribution in [-0.4, -0.2) is 27.6 Å². The summed E-state index contributed by atoms with van der Waals surface area (Å²) in [6, 6.07) is 2.82. The number of esters is 1. The van der Waals surface area contributed by atoms with Gasteiger partial charge in [-0.3, -0.25) is 4.98 Å². The third kappa shape index (κ3) is 2.63. The first kappa shape index (κ1) is 14.0. The van der Waals surface area contributed by atoms with Crippen LogP contribution in [0.2, 0.25) is 0 Å². The summed E-state index contributed by atoms with van der Waals surface area (Å²) in [5, 5.41) is 0. The van der Waals surface area contributed by atoms with Crippen molar-refractivity contribution in [1.29, 1.82) is 0 Å². The SMILES string of the molecule is COC(=O)c1ccc(-c2nc(C(F)(F)F)cn2C)nc1. The zero-order chi connectivity index (χ0) is 14.9. The van der Waals surface area contributed by atoms with Gasteiger partial charge in [0.05, 0.1) is 12.7 Å². The molecule has 106 valence electrons. The number of carbonyl (C=O) groups excluding carboxylic acids is 1. The highest BCUT2D eigenvalue weighted by molar-refractivity contribution is 5.89. The minimum Gasteiger partial charge on any atom is -0.465 e. The van der Waals surface area contributed by atoms with Gasteiger partial charge >= 0.3 is 12.1 Å². The predicted octanol–water partition coefficient (Wildman–Crippen LogP) is 2.29. The molecule has 0 bridgehead atoms. The van der Waals surface area contributed by atoms with Gasteiger partial charge in [-0.1, -0.05) is 0 Å². The lowest BCUT2D eigenvalue weighted by Crippen LogP contribution is -2.05. The van der Waals surface area contributed by atoms with Gasteiger partial charge in [0.1, 0.15) is 5.69 Å². The van der Waals surface area contributed by atoms with Crippen molar-refractivity contribution in [3.8, 4) is 11.5 Å². The Bertz CT molecular complexity index is 632. The molecular formula is C12H10F3N3O2. The fourth-order valence-corrected chi connectivity index (χ4v) is 1.61. The van der Waals surface area contributed by atoms with Gasteiger partial charge in [-0.05, 0) is 12.1 Å².